The summed E-state index contributed by atoms with van der Waals surface area (Å²) in [5, 5.41) is 3.08. The molecular formula is C16H28N4. The van der Waals surface area contributed by atoms with Crippen LogP contribution in [0.15, 0.2) is 29.3 Å². The van der Waals surface area contributed by atoms with Crippen molar-refractivity contribution in [2.75, 3.05) is 19.6 Å². The van der Waals surface area contributed by atoms with Gasteiger partial charge in [-0.2, -0.15) is 0 Å². The van der Waals surface area contributed by atoms with E-state index in [-0.39, 0.29) is 0 Å². The van der Waals surface area contributed by atoms with Gasteiger partial charge in [-0.1, -0.05) is 45.0 Å². The van der Waals surface area contributed by atoms with Crippen molar-refractivity contribution in [3.63, 3.8) is 0 Å². The summed E-state index contributed by atoms with van der Waals surface area (Å²) >= 11 is 0. The van der Waals surface area contributed by atoms with Crippen LogP contribution in [0.1, 0.15) is 38.3 Å². The Morgan fingerprint density at radius 2 is 1.70 bits per heavy atom. The molecule has 0 amide bonds. The highest BCUT2D eigenvalue weighted by atomic mass is 15.1. The minimum Gasteiger partial charge on any atom is -0.370 e. The third-order valence-electron chi connectivity index (χ3n) is 3.31. The van der Waals surface area contributed by atoms with Gasteiger partial charge in [-0.25, -0.2) is 4.99 Å². The fourth-order valence-electron chi connectivity index (χ4n) is 1.94. The van der Waals surface area contributed by atoms with E-state index < -0.39 is 0 Å². The van der Waals surface area contributed by atoms with Crippen LogP contribution in [-0.4, -0.2) is 30.5 Å². The first kappa shape index (κ1) is 16.5. The molecule has 0 aliphatic carbocycles. The summed E-state index contributed by atoms with van der Waals surface area (Å²) < 4.78 is 0. The van der Waals surface area contributed by atoms with E-state index in [1.165, 1.54) is 11.1 Å². The van der Waals surface area contributed by atoms with E-state index in [4.69, 9.17) is 5.73 Å². The Hall–Kier alpha value is -1.55. The van der Waals surface area contributed by atoms with Crippen molar-refractivity contribution in [1.29, 1.82) is 0 Å². The number of rotatable bonds is 8. The van der Waals surface area contributed by atoms with E-state index in [9.17, 15) is 0 Å². The molecule has 0 bridgehead atoms. The molecule has 0 radical (unpaired) electrons. The van der Waals surface area contributed by atoms with Gasteiger partial charge in [0, 0.05) is 13.1 Å². The van der Waals surface area contributed by atoms with Crippen LogP contribution in [0.25, 0.3) is 0 Å². The summed E-state index contributed by atoms with van der Waals surface area (Å²) in [7, 11) is 0. The lowest BCUT2D eigenvalue weighted by Crippen LogP contribution is -2.32. The third-order valence-corrected chi connectivity index (χ3v) is 3.31. The fourth-order valence-corrected chi connectivity index (χ4v) is 1.94. The molecule has 0 aliphatic heterocycles. The van der Waals surface area contributed by atoms with Gasteiger partial charge in [0.1, 0.15) is 0 Å². The Labute approximate surface area is 123 Å². The molecule has 0 saturated heterocycles. The van der Waals surface area contributed by atoms with Gasteiger partial charge in [-0.3, -0.25) is 4.90 Å². The van der Waals surface area contributed by atoms with Crippen molar-refractivity contribution in [3.8, 4) is 0 Å². The van der Waals surface area contributed by atoms with Crippen molar-refractivity contribution in [2.24, 2.45) is 10.7 Å². The Morgan fingerprint density at radius 3 is 2.25 bits per heavy atom. The average Bonchev–Trinajstić information content (AvgIpc) is 2.49. The van der Waals surface area contributed by atoms with Gasteiger partial charge in [0.05, 0.1) is 6.54 Å². The number of nitrogens with zero attached hydrogens (tertiary/aromatic N) is 2. The van der Waals surface area contributed by atoms with Crippen LogP contribution < -0.4 is 11.1 Å². The summed E-state index contributed by atoms with van der Waals surface area (Å²) in [5.41, 5.74) is 8.31. The first-order valence-electron chi connectivity index (χ1n) is 7.53. The van der Waals surface area contributed by atoms with Crippen LogP contribution in [0, 0.1) is 0 Å². The van der Waals surface area contributed by atoms with Crippen molar-refractivity contribution in [3.05, 3.63) is 35.4 Å². The molecule has 0 aromatic heterocycles. The van der Waals surface area contributed by atoms with E-state index in [0.717, 1.165) is 32.6 Å². The zero-order valence-corrected chi connectivity index (χ0v) is 13.0. The van der Waals surface area contributed by atoms with Crippen molar-refractivity contribution >= 4 is 5.96 Å². The second-order valence-corrected chi connectivity index (χ2v) is 4.91. The van der Waals surface area contributed by atoms with E-state index in [2.05, 4.69) is 60.2 Å². The third kappa shape index (κ3) is 6.06. The van der Waals surface area contributed by atoms with Gasteiger partial charge >= 0.3 is 0 Å². The predicted octanol–water partition coefficient (Wildman–Crippen LogP) is 2.34. The number of nitrogens with two attached hydrogens (primary N) is 1. The number of nitrogens with one attached hydrogen (secondary N) is 1. The van der Waals surface area contributed by atoms with Crippen LogP contribution in [0.3, 0.4) is 0 Å². The molecule has 20 heavy (non-hydrogen) atoms. The molecule has 3 N–H and O–H groups in total. The Morgan fingerprint density at radius 1 is 1.10 bits per heavy atom. The lowest BCUT2D eigenvalue weighted by molar-refractivity contribution is 0.296. The Kier molecular flexibility index (Phi) is 7.73. The SMILES string of the molecule is CCCNC(N)=NCc1ccc(CN(CC)CC)cc1. The van der Waals surface area contributed by atoms with Gasteiger partial charge < -0.3 is 11.1 Å². The highest BCUT2D eigenvalue weighted by molar-refractivity contribution is 5.77. The van der Waals surface area contributed by atoms with Crippen LogP contribution in [-0.2, 0) is 13.1 Å². The zero-order chi connectivity index (χ0) is 14.8. The standard InChI is InChI=1S/C16H28N4/c1-4-11-18-16(17)19-12-14-7-9-15(10-8-14)13-20(5-2)6-3/h7-10H,4-6,11-13H2,1-3H3,(H3,17,18,19). The molecule has 0 unspecified atom stereocenters. The number of aliphatic imine (C=N–C) groups is 1. The van der Waals surface area contributed by atoms with Gasteiger partial charge in [-0.05, 0) is 30.6 Å². The van der Waals surface area contributed by atoms with Crippen molar-refractivity contribution in [1.82, 2.24) is 10.2 Å². The molecule has 0 spiro atoms. The second kappa shape index (κ2) is 9.37. The maximum Gasteiger partial charge on any atom is 0.188 e. The van der Waals surface area contributed by atoms with E-state index in [1.54, 1.807) is 0 Å². The first-order valence-corrected chi connectivity index (χ1v) is 7.53. The highest BCUT2D eigenvalue weighted by Gasteiger charge is 2.01. The second-order valence-electron chi connectivity index (χ2n) is 4.91. The maximum atomic E-state index is 5.77. The van der Waals surface area contributed by atoms with Gasteiger partial charge in [-0.15, -0.1) is 0 Å². The van der Waals surface area contributed by atoms with E-state index in [0.29, 0.717) is 12.5 Å². The summed E-state index contributed by atoms with van der Waals surface area (Å²) in [5.74, 6) is 0.527. The normalized spacial score (nSPS) is 11.9. The van der Waals surface area contributed by atoms with Crippen LogP contribution in [0.5, 0.6) is 0 Å². The molecule has 0 aliphatic rings. The van der Waals surface area contributed by atoms with Crippen LogP contribution in [0.4, 0.5) is 0 Å². The molecule has 4 heteroatoms. The Bertz CT molecular complexity index is 393. The quantitative estimate of drug-likeness (QED) is 0.566. The molecule has 112 valence electrons. The van der Waals surface area contributed by atoms with Gasteiger partial charge in [0.15, 0.2) is 5.96 Å². The molecule has 1 aromatic rings. The molecule has 0 heterocycles. The number of hydrogen-bond donors (Lipinski definition) is 2. The van der Waals surface area contributed by atoms with Gasteiger partial charge in [0.2, 0.25) is 0 Å². The topological polar surface area (TPSA) is 53.6 Å². The smallest absolute Gasteiger partial charge is 0.188 e. The van der Waals surface area contributed by atoms with Crippen LogP contribution >= 0.6 is 0 Å². The Balaban J connectivity index is 2.50. The summed E-state index contributed by atoms with van der Waals surface area (Å²) in [4.78, 5) is 6.73. The van der Waals surface area contributed by atoms with Crippen molar-refractivity contribution < 1.29 is 0 Å². The number of hydrogen-bond acceptors (Lipinski definition) is 2. The zero-order valence-electron chi connectivity index (χ0n) is 13.0. The van der Waals surface area contributed by atoms with Crippen molar-refractivity contribution in [2.45, 2.75) is 40.3 Å². The monoisotopic (exact) mass is 276 g/mol. The predicted molar refractivity (Wildman–Crippen MR) is 86.7 cm³/mol. The first-order chi connectivity index (χ1) is 9.69. The molecule has 0 atom stereocenters. The fraction of sp³-hybridized carbons (Fsp3) is 0.562. The molecule has 1 rings (SSSR count). The molecule has 0 fully saturated rings. The molecule has 4 nitrogen and oxygen atoms in total. The largest absolute Gasteiger partial charge is 0.370 e. The summed E-state index contributed by atoms with van der Waals surface area (Å²) in [6.07, 6.45) is 1.05. The minimum absolute atomic E-state index is 0.527. The lowest BCUT2D eigenvalue weighted by Gasteiger charge is -2.17. The van der Waals surface area contributed by atoms with Gasteiger partial charge in [0.25, 0.3) is 0 Å². The van der Waals surface area contributed by atoms with E-state index >= 15 is 0 Å². The lowest BCUT2D eigenvalue weighted by atomic mass is 10.1. The molecule has 1 aromatic carbocycles. The number of benzene rings is 1. The number of guanidine groups is 1. The average molecular weight is 276 g/mol. The maximum absolute atomic E-state index is 5.77. The van der Waals surface area contributed by atoms with Crippen LogP contribution in [0.2, 0.25) is 0 Å². The summed E-state index contributed by atoms with van der Waals surface area (Å²) in [6.45, 7) is 11.2. The molecule has 0 saturated carbocycles. The minimum atomic E-state index is 0.527. The van der Waals surface area contributed by atoms with E-state index in [1.807, 2.05) is 0 Å². The summed E-state index contributed by atoms with van der Waals surface area (Å²) in [6, 6.07) is 8.63. The highest BCUT2D eigenvalue weighted by Crippen LogP contribution is 2.08. The molecular weight excluding hydrogens is 248 g/mol.